The first-order chi connectivity index (χ1) is 15.6. The highest BCUT2D eigenvalue weighted by molar-refractivity contribution is 9.10. The van der Waals surface area contributed by atoms with Crippen LogP contribution in [0.5, 0.6) is 0 Å². The predicted molar refractivity (Wildman–Crippen MR) is 139 cm³/mol. The van der Waals surface area contributed by atoms with Crippen molar-refractivity contribution in [2.75, 3.05) is 19.4 Å². The lowest BCUT2D eigenvalue weighted by atomic mass is 9.81. The van der Waals surface area contributed by atoms with Gasteiger partial charge in [-0.2, -0.15) is 0 Å². The maximum atomic E-state index is 13.0. The third-order valence-electron chi connectivity index (χ3n) is 7.10. The Morgan fingerprint density at radius 3 is 2.42 bits per heavy atom. The number of pyridine rings is 1. The van der Waals surface area contributed by atoms with Gasteiger partial charge in [-0.15, -0.1) is 0 Å². The predicted octanol–water partition coefficient (Wildman–Crippen LogP) is 4.91. The van der Waals surface area contributed by atoms with Crippen molar-refractivity contribution in [3.8, 4) is 0 Å². The fourth-order valence-electron chi connectivity index (χ4n) is 4.91. The number of anilines is 1. The molecule has 1 aliphatic carbocycles. The van der Waals surface area contributed by atoms with Gasteiger partial charge in [0.15, 0.2) is 0 Å². The molecule has 1 amide bonds. The number of halogens is 1. The average Bonchev–Trinajstić information content (AvgIpc) is 2.75. The second-order valence-electron chi connectivity index (χ2n) is 9.72. The zero-order chi connectivity index (χ0) is 24.3. The van der Waals surface area contributed by atoms with Gasteiger partial charge in [-0.25, -0.2) is 0 Å². The van der Waals surface area contributed by atoms with Crippen LogP contribution in [0, 0.1) is 26.7 Å². The van der Waals surface area contributed by atoms with Crippen LogP contribution in [-0.4, -0.2) is 42.0 Å². The van der Waals surface area contributed by atoms with E-state index in [4.69, 9.17) is 0 Å². The summed E-state index contributed by atoms with van der Waals surface area (Å²) in [4.78, 5) is 30.5. The van der Waals surface area contributed by atoms with Gasteiger partial charge in [-0.1, -0.05) is 15.9 Å². The lowest BCUT2D eigenvalue weighted by molar-refractivity contribution is 0.0950. The number of hydrogen-bond donors (Lipinski definition) is 3. The summed E-state index contributed by atoms with van der Waals surface area (Å²) in [5, 5.41) is 6.61. The number of rotatable bonds is 7. The summed E-state index contributed by atoms with van der Waals surface area (Å²) < 4.78 is 0.855. The Labute approximate surface area is 205 Å². The Morgan fingerprint density at radius 2 is 1.82 bits per heavy atom. The molecule has 7 heteroatoms. The van der Waals surface area contributed by atoms with E-state index < -0.39 is 0 Å². The van der Waals surface area contributed by atoms with E-state index in [0.717, 1.165) is 27.0 Å². The number of H-pyrrole nitrogens is 1. The van der Waals surface area contributed by atoms with Crippen LogP contribution in [0.3, 0.4) is 0 Å². The van der Waals surface area contributed by atoms with Gasteiger partial charge in [0, 0.05) is 45.6 Å². The number of aryl methyl sites for hydroxylation is 2. The summed E-state index contributed by atoms with van der Waals surface area (Å²) in [6.07, 6.45) is 4.88. The average molecular weight is 518 g/mol. The Morgan fingerprint density at radius 1 is 1.15 bits per heavy atom. The molecule has 1 heterocycles. The van der Waals surface area contributed by atoms with Gasteiger partial charge in [-0.3, -0.25) is 9.59 Å². The van der Waals surface area contributed by atoms with Gasteiger partial charge in [0.05, 0.1) is 0 Å². The molecule has 1 aliphatic rings. The SMILES string of the molecule is Cc1cc(C)c(CNC(=O)c2cc(Br)cc(NC(C)C3CCC(N(C)C)CC3)c2C)c(=O)[nH]1. The van der Waals surface area contributed by atoms with Crippen LogP contribution in [0.25, 0.3) is 0 Å². The van der Waals surface area contributed by atoms with Crippen LogP contribution in [0.4, 0.5) is 5.69 Å². The normalized spacial score (nSPS) is 19.4. The monoisotopic (exact) mass is 516 g/mol. The molecule has 0 bridgehead atoms. The molecule has 6 nitrogen and oxygen atoms in total. The molecule has 1 aromatic carbocycles. The maximum absolute atomic E-state index is 13.0. The van der Waals surface area contributed by atoms with Crippen LogP contribution in [0.1, 0.15) is 65.3 Å². The van der Waals surface area contributed by atoms with Gasteiger partial charge in [0.25, 0.3) is 11.5 Å². The van der Waals surface area contributed by atoms with Crippen LogP contribution in [-0.2, 0) is 6.54 Å². The number of nitrogens with zero attached hydrogens (tertiary/aromatic N) is 1. The first-order valence-corrected chi connectivity index (χ1v) is 12.6. The quantitative estimate of drug-likeness (QED) is 0.488. The number of benzene rings is 1. The Bertz CT molecular complexity index is 1050. The van der Waals surface area contributed by atoms with E-state index >= 15 is 0 Å². The minimum absolute atomic E-state index is 0.154. The molecule has 0 aliphatic heterocycles. The van der Waals surface area contributed by atoms with Crippen LogP contribution < -0.4 is 16.2 Å². The molecule has 3 N–H and O–H groups in total. The Kier molecular flexibility index (Phi) is 8.40. The van der Waals surface area contributed by atoms with Gasteiger partial charge in [0.1, 0.15) is 0 Å². The van der Waals surface area contributed by atoms with Crippen molar-refractivity contribution in [3.05, 3.63) is 61.0 Å². The van der Waals surface area contributed by atoms with E-state index in [0.29, 0.717) is 29.1 Å². The fraction of sp³-hybridized carbons (Fsp3) is 0.538. The zero-order valence-electron chi connectivity index (χ0n) is 20.6. The number of carbonyl (C=O) groups is 1. The number of nitrogens with one attached hydrogen (secondary N) is 3. The van der Waals surface area contributed by atoms with Crippen molar-refractivity contribution in [2.45, 2.75) is 72.0 Å². The lowest BCUT2D eigenvalue weighted by Crippen LogP contribution is -2.36. The summed E-state index contributed by atoms with van der Waals surface area (Å²) in [5.74, 6) is 0.434. The molecular formula is C26H37BrN4O2. The molecule has 0 saturated heterocycles. The highest BCUT2D eigenvalue weighted by Crippen LogP contribution is 2.32. The van der Waals surface area contributed by atoms with Crippen molar-refractivity contribution in [1.82, 2.24) is 15.2 Å². The fourth-order valence-corrected chi connectivity index (χ4v) is 5.37. The first-order valence-electron chi connectivity index (χ1n) is 11.8. The second kappa shape index (κ2) is 10.9. The summed E-state index contributed by atoms with van der Waals surface area (Å²) in [6, 6.07) is 6.81. The molecule has 1 aromatic heterocycles. The number of carbonyl (C=O) groups excluding carboxylic acids is 1. The summed E-state index contributed by atoms with van der Waals surface area (Å²) in [6.45, 7) is 8.16. The molecule has 1 saturated carbocycles. The molecule has 180 valence electrons. The standard InChI is InChI=1S/C26H37BrN4O2/c1-15-11-16(2)29-26(33)23(15)14-28-25(32)22-12-20(27)13-24(17(22)3)30-18(4)19-7-9-21(10-8-19)31(5)6/h11-13,18-19,21,30H,7-10,14H2,1-6H3,(H,28,32)(H,29,33). The molecule has 2 aromatic rings. The van der Waals surface area contributed by atoms with E-state index in [9.17, 15) is 9.59 Å². The van der Waals surface area contributed by atoms with E-state index in [2.05, 4.69) is 57.5 Å². The van der Waals surface area contributed by atoms with Gasteiger partial charge in [-0.05, 0) is 103 Å². The van der Waals surface area contributed by atoms with Gasteiger partial charge < -0.3 is 20.5 Å². The summed E-state index contributed by atoms with van der Waals surface area (Å²) in [7, 11) is 4.33. The number of amides is 1. The van der Waals surface area contributed by atoms with Gasteiger partial charge in [0.2, 0.25) is 0 Å². The summed E-state index contributed by atoms with van der Waals surface area (Å²) >= 11 is 3.57. The third-order valence-corrected chi connectivity index (χ3v) is 7.56. The largest absolute Gasteiger partial charge is 0.382 e. The van der Waals surface area contributed by atoms with Crippen molar-refractivity contribution in [3.63, 3.8) is 0 Å². The molecule has 3 rings (SSSR count). The highest BCUT2D eigenvalue weighted by Gasteiger charge is 2.27. The minimum atomic E-state index is -0.185. The molecule has 1 fully saturated rings. The van der Waals surface area contributed by atoms with Crippen LogP contribution >= 0.6 is 15.9 Å². The van der Waals surface area contributed by atoms with Crippen molar-refractivity contribution >= 4 is 27.5 Å². The smallest absolute Gasteiger partial charge is 0.253 e. The van der Waals surface area contributed by atoms with E-state index in [1.165, 1.54) is 25.7 Å². The second-order valence-corrected chi connectivity index (χ2v) is 10.6. The van der Waals surface area contributed by atoms with Crippen molar-refractivity contribution in [1.29, 1.82) is 0 Å². The van der Waals surface area contributed by atoms with Gasteiger partial charge >= 0.3 is 0 Å². The molecule has 1 unspecified atom stereocenters. The molecule has 0 spiro atoms. The van der Waals surface area contributed by atoms with Crippen LogP contribution in [0.15, 0.2) is 27.5 Å². The third kappa shape index (κ3) is 6.27. The molecular weight excluding hydrogens is 480 g/mol. The Hall–Kier alpha value is -2.12. The van der Waals surface area contributed by atoms with Crippen LogP contribution in [0.2, 0.25) is 0 Å². The van der Waals surface area contributed by atoms with E-state index in [1.807, 2.05) is 39.0 Å². The highest BCUT2D eigenvalue weighted by atomic mass is 79.9. The number of aromatic amines is 1. The molecule has 33 heavy (non-hydrogen) atoms. The van der Waals surface area contributed by atoms with Crippen molar-refractivity contribution < 1.29 is 4.79 Å². The molecule has 1 atom stereocenters. The number of aromatic nitrogens is 1. The zero-order valence-corrected chi connectivity index (χ0v) is 22.2. The molecule has 0 radical (unpaired) electrons. The van der Waals surface area contributed by atoms with E-state index in [1.54, 1.807) is 0 Å². The Balaban J connectivity index is 1.70. The van der Waals surface area contributed by atoms with E-state index in [-0.39, 0.29) is 18.0 Å². The topological polar surface area (TPSA) is 77.2 Å². The minimum Gasteiger partial charge on any atom is -0.382 e. The number of hydrogen-bond acceptors (Lipinski definition) is 4. The first kappa shape index (κ1) is 25.5. The summed E-state index contributed by atoms with van der Waals surface area (Å²) in [5.41, 5.74) is 4.62. The maximum Gasteiger partial charge on any atom is 0.253 e. The lowest BCUT2D eigenvalue weighted by Gasteiger charge is -2.36. The van der Waals surface area contributed by atoms with Crippen molar-refractivity contribution in [2.24, 2.45) is 5.92 Å².